The molecule has 4 nitrogen and oxygen atoms in total. The molecule has 4 rings (SSSR count). The van der Waals surface area contributed by atoms with Crippen molar-refractivity contribution < 1.29 is 4.74 Å². The van der Waals surface area contributed by atoms with Crippen molar-refractivity contribution >= 4 is 6.08 Å². The Kier molecular flexibility index (Phi) is 3.14. The van der Waals surface area contributed by atoms with Crippen molar-refractivity contribution in [1.82, 2.24) is 5.32 Å². The van der Waals surface area contributed by atoms with Gasteiger partial charge in [0.05, 0.1) is 18.2 Å². The number of hydrogen-bond acceptors (Lipinski definition) is 4. The summed E-state index contributed by atoms with van der Waals surface area (Å²) in [5, 5.41) is 14.3. The van der Waals surface area contributed by atoms with Crippen LogP contribution < -0.4 is 20.6 Å². The number of ether oxygens (including phenoxy) is 1. The molecular formula is C18H15N3O. The lowest BCUT2D eigenvalue weighted by Crippen LogP contribution is -2.51. The molecule has 2 aliphatic rings. The minimum Gasteiger partial charge on any atom is -0.485 e. The quantitative estimate of drug-likeness (QED) is 0.917. The van der Waals surface area contributed by atoms with E-state index in [2.05, 4.69) is 28.5 Å². The summed E-state index contributed by atoms with van der Waals surface area (Å²) in [5.41, 5.74) is 2.75. The number of fused-ring (bicyclic) bond motifs is 1. The first-order chi connectivity index (χ1) is 10.8. The zero-order chi connectivity index (χ0) is 14.9. The predicted molar refractivity (Wildman–Crippen MR) is 84.0 cm³/mol. The summed E-state index contributed by atoms with van der Waals surface area (Å²) in [6.45, 7) is 2.47. The third-order valence-electron chi connectivity index (χ3n) is 4.03. The third kappa shape index (κ3) is 2.26. The first kappa shape index (κ1) is 13.1. The van der Waals surface area contributed by atoms with Gasteiger partial charge in [0.25, 0.3) is 0 Å². The average molecular weight is 289 g/mol. The Bertz CT molecular complexity index is 892. The Morgan fingerprint density at radius 3 is 2.86 bits per heavy atom. The Labute approximate surface area is 128 Å². The number of nitrogens with one attached hydrogen (secondary N) is 1. The number of nitrogens with zero attached hydrogens (tertiary/aromatic N) is 2. The van der Waals surface area contributed by atoms with Crippen LogP contribution in [0.4, 0.5) is 0 Å². The van der Waals surface area contributed by atoms with E-state index < -0.39 is 0 Å². The van der Waals surface area contributed by atoms with Crippen molar-refractivity contribution in [3.8, 4) is 22.9 Å². The van der Waals surface area contributed by atoms with Crippen molar-refractivity contribution in [1.29, 1.82) is 5.26 Å². The summed E-state index contributed by atoms with van der Waals surface area (Å²) in [5.74, 6) is 0.843. The molecule has 0 spiro atoms. The van der Waals surface area contributed by atoms with Crippen LogP contribution in [0.25, 0.3) is 17.2 Å². The Morgan fingerprint density at radius 1 is 1.18 bits per heavy atom. The van der Waals surface area contributed by atoms with E-state index in [0.29, 0.717) is 12.1 Å². The van der Waals surface area contributed by atoms with E-state index in [0.717, 1.165) is 40.5 Å². The zero-order valence-electron chi connectivity index (χ0n) is 12.0. The highest BCUT2D eigenvalue weighted by Gasteiger charge is 2.20. The molecule has 22 heavy (non-hydrogen) atoms. The van der Waals surface area contributed by atoms with Crippen LogP contribution in [0.3, 0.4) is 0 Å². The Morgan fingerprint density at radius 2 is 2.09 bits per heavy atom. The molecule has 0 unspecified atom stereocenters. The largest absolute Gasteiger partial charge is 0.485 e. The highest BCUT2D eigenvalue weighted by molar-refractivity contribution is 5.67. The maximum absolute atomic E-state index is 9.07. The van der Waals surface area contributed by atoms with E-state index in [1.165, 1.54) is 0 Å². The normalized spacial score (nSPS) is 16.0. The monoisotopic (exact) mass is 289 g/mol. The van der Waals surface area contributed by atoms with E-state index in [4.69, 9.17) is 10.00 Å². The van der Waals surface area contributed by atoms with Gasteiger partial charge in [-0.3, -0.25) is 4.99 Å². The molecule has 0 radical (unpaired) electrons. The summed E-state index contributed by atoms with van der Waals surface area (Å²) >= 11 is 0. The molecule has 2 aliphatic heterocycles. The summed E-state index contributed by atoms with van der Waals surface area (Å²) in [7, 11) is 0. The molecule has 1 saturated heterocycles. The van der Waals surface area contributed by atoms with Crippen LogP contribution in [-0.4, -0.2) is 25.7 Å². The third-order valence-corrected chi connectivity index (χ3v) is 4.03. The van der Waals surface area contributed by atoms with E-state index >= 15 is 0 Å². The molecule has 2 heterocycles. The van der Waals surface area contributed by atoms with Crippen LogP contribution in [0.1, 0.15) is 5.56 Å². The summed E-state index contributed by atoms with van der Waals surface area (Å²) < 4.78 is 6.07. The standard InChI is InChI=1S/C18H15N3O/c19-9-12-2-1-3-13(6-12)15-7-14-4-5-21-18(14)17(8-15)22-16-10-20-11-16/h1-4,6-8,16,20H,5,10-11H2. The maximum Gasteiger partial charge on any atom is 0.146 e. The smallest absolute Gasteiger partial charge is 0.146 e. The average Bonchev–Trinajstić information content (AvgIpc) is 2.99. The Hall–Kier alpha value is -2.64. The lowest BCUT2D eigenvalue weighted by Gasteiger charge is -2.28. The second-order valence-electron chi connectivity index (χ2n) is 5.55. The van der Waals surface area contributed by atoms with Gasteiger partial charge >= 0.3 is 0 Å². The number of hydrogen-bond donors (Lipinski definition) is 1. The number of rotatable bonds is 3. The van der Waals surface area contributed by atoms with Gasteiger partial charge in [-0.15, -0.1) is 0 Å². The molecule has 4 heteroatoms. The van der Waals surface area contributed by atoms with Gasteiger partial charge in [0, 0.05) is 18.3 Å². The lowest BCUT2D eigenvalue weighted by atomic mass is 10.0. The molecular weight excluding hydrogens is 274 g/mol. The molecule has 2 aromatic carbocycles. The minimum absolute atomic E-state index is 0.223. The van der Waals surface area contributed by atoms with Crippen LogP contribution >= 0.6 is 0 Å². The van der Waals surface area contributed by atoms with Crippen LogP contribution in [0, 0.1) is 11.3 Å². The fourth-order valence-electron chi connectivity index (χ4n) is 2.74. The molecule has 0 atom stereocenters. The molecule has 0 bridgehead atoms. The van der Waals surface area contributed by atoms with E-state index in [-0.39, 0.29) is 6.10 Å². The highest BCUT2D eigenvalue weighted by atomic mass is 16.5. The second-order valence-corrected chi connectivity index (χ2v) is 5.55. The van der Waals surface area contributed by atoms with Gasteiger partial charge in [-0.25, -0.2) is 0 Å². The van der Waals surface area contributed by atoms with Gasteiger partial charge in [-0.05, 0) is 35.4 Å². The van der Waals surface area contributed by atoms with Crippen LogP contribution in [0.5, 0.6) is 5.75 Å². The molecule has 1 fully saturated rings. The second kappa shape index (κ2) is 5.28. The van der Waals surface area contributed by atoms with Gasteiger partial charge in [0.15, 0.2) is 0 Å². The Balaban J connectivity index is 1.82. The van der Waals surface area contributed by atoms with E-state index in [1.54, 1.807) is 0 Å². The van der Waals surface area contributed by atoms with Crippen molar-refractivity contribution in [2.24, 2.45) is 4.99 Å². The minimum atomic E-state index is 0.223. The van der Waals surface area contributed by atoms with Gasteiger partial charge < -0.3 is 10.1 Å². The molecule has 0 amide bonds. The first-order valence-electron chi connectivity index (χ1n) is 7.40. The van der Waals surface area contributed by atoms with Crippen LogP contribution in [0.15, 0.2) is 41.4 Å². The van der Waals surface area contributed by atoms with Gasteiger partial charge in [0.1, 0.15) is 17.2 Å². The molecule has 1 N–H and O–H groups in total. The topological polar surface area (TPSA) is 57.4 Å². The molecule has 2 aromatic rings. The van der Waals surface area contributed by atoms with E-state index in [9.17, 15) is 0 Å². The van der Waals surface area contributed by atoms with Crippen LogP contribution in [0.2, 0.25) is 0 Å². The van der Waals surface area contributed by atoms with Crippen molar-refractivity contribution in [3.05, 3.63) is 52.5 Å². The maximum atomic E-state index is 9.07. The van der Waals surface area contributed by atoms with Gasteiger partial charge in [0.2, 0.25) is 0 Å². The van der Waals surface area contributed by atoms with Gasteiger partial charge in [-0.1, -0.05) is 18.2 Å². The lowest BCUT2D eigenvalue weighted by molar-refractivity contribution is 0.140. The van der Waals surface area contributed by atoms with Crippen molar-refractivity contribution in [3.63, 3.8) is 0 Å². The van der Waals surface area contributed by atoms with Crippen molar-refractivity contribution in [2.75, 3.05) is 19.6 Å². The fraction of sp³-hybridized carbons (Fsp3) is 0.222. The fourth-order valence-corrected chi connectivity index (χ4v) is 2.74. The first-order valence-corrected chi connectivity index (χ1v) is 7.40. The zero-order valence-corrected chi connectivity index (χ0v) is 12.0. The number of benzene rings is 2. The van der Waals surface area contributed by atoms with Crippen LogP contribution in [-0.2, 0) is 0 Å². The molecule has 0 saturated carbocycles. The summed E-state index contributed by atoms with van der Waals surface area (Å²) in [6, 6.07) is 14.0. The predicted octanol–water partition coefficient (Wildman–Crippen LogP) is 0.990. The molecule has 0 aliphatic carbocycles. The van der Waals surface area contributed by atoms with E-state index in [1.807, 2.05) is 30.3 Å². The number of nitriles is 1. The van der Waals surface area contributed by atoms with Gasteiger partial charge in [-0.2, -0.15) is 5.26 Å². The SMILES string of the molecule is N#Cc1cccc(-c2cc(OC3CNC3)c3c(c2)=CCN=3)c1. The van der Waals surface area contributed by atoms with Crippen molar-refractivity contribution in [2.45, 2.75) is 6.10 Å². The molecule has 0 aromatic heterocycles. The summed E-state index contributed by atoms with van der Waals surface area (Å²) in [4.78, 5) is 4.53. The highest BCUT2D eigenvalue weighted by Crippen LogP contribution is 2.22. The summed E-state index contributed by atoms with van der Waals surface area (Å²) in [6.07, 6.45) is 2.33. The molecule has 108 valence electrons.